The normalized spacial score (nSPS) is 10.2. The Labute approximate surface area is 159 Å². The molecule has 0 fully saturated rings. The van der Waals surface area contributed by atoms with Crippen molar-refractivity contribution in [3.05, 3.63) is 53.9 Å². The van der Waals surface area contributed by atoms with Crippen LogP contribution in [0.15, 0.2) is 42.6 Å². The summed E-state index contributed by atoms with van der Waals surface area (Å²) in [4.78, 5) is 29.8. The van der Waals surface area contributed by atoms with Crippen molar-refractivity contribution < 1.29 is 19.1 Å². The number of carbonyl (C=O) groups excluding carboxylic acids is 2. The van der Waals surface area contributed by atoms with Gasteiger partial charge in [-0.05, 0) is 29.8 Å². The average molecular weight is 371 g/mol. The number of methoxy groups -OCH3 is 2. The fraction of sp³-hybridized carbons (Fsp3) is 0.350. The zero-order valence-corrected chi connectivity index (χ0v) is 15.9. The number of nitrogens with zero attached hydrogens (tertiary/aromatic N) is 2. The SMILES string of the molecule is COc1ccc(CN(CCC(=O)NCc2ccccn2)C(C)=O)cc1OC. The first-order valence-corrected chi connectivity index (χ1v) is 8.66. The molecule has 0 saturated carbocycles. The maximum Gasteiger partial charge on any atom is 0.222 e. The van der Waals surface area contributed by atoms with Gasteiger partial charge in [-0.2, -0.15) is 0 Å². The summed E-state index contributed by atoms with van der Waals surface area (Å²) in [5.74, 6) is 1.01. The molecule has 0 aliphatic heterocycles. The van der Waals surface area contributed by atoms with Gasteiger partial charge in [0.2, 0.25) is 11.8 Å². The van der Waals surface area contributed by atoms with Crippen LogP contribution in [0.3, 0.4) is 0 Å². The highest BCUT2D eigenvalue weighted by Crippen LogP contribution is 2.28. The molecule has 0 unspecified atom stereocenters. The second kappa shape index (κ2) is 10.2. The number of pyridine rings is 1. The van der Waals surface area contributed by atoms with Crippen molar-refractivity contribution in [2.45, 2.75) is 26.4 Å². The predicted molar refractivity (Wildman–Crippen MR) is 101 cm³/mol. The van der Waals surface area contributed by atoms with Crippen molar-refractivity contribution in [1.82, 2.24) is 15.2 Å². The molecule has 0 radical (unpaired) electrons. The highest BCUT2D eigenvalue weighted by molar-refractivity contribution is 5.78. The quantitative estimate of drug-likeness (QED) is 0.731. The molecule has 2 amide bonds. The summed E-state index contributed by atoms with van der Waals surface area (Å²) in [7, 11) is 3.14. The summed E-state index contributed by atoms with van der Waals surface area (Å²) in [6, 6.07) is 11.0. The van der Waals surface area contributed by atoms with Gasteiger partial charge in [-0.3, -0.25) is 14.6 Å². The molecule has 2 rings (SSSR count). The van der Waals surface area contributed by atoms with Gasteiger partial charge in [0.25, 0.3) is 0 Å². The van der Waals surface area contributed by atoms with Gasteiger partial charge >= 0.3 is 0 Å². The molecule has 27 heavy (non-hydrogen) atoms. The van der Waals surface area contributed by atoms with Crippen molar-refractivity contribution >= 4 is 11.8 Å². The zero-order valence-electron chi connectivity index (χ0n) is 15.9. The summed E-state index contributed by atoms with van der Waals surface area (Å²) >= 11 is 0. The molecule has 0 aliphatic rings. The van der Waals surface area contributed by atoms with Crippen molar-refractivity contribution in [3.63, 3.8) is 0 Å². The highest BCUT2D eigenvalue weighted by atomic mass is 16.5. The second-order valence-electron chi connectivity index (χ2n) is 5.98. The minimum absolute atomic E-state index is 0.0951. The molecule has 0 saturated heterocycles. The largest absolute Gasteiger partial charge is 0.493 e. The monoisotopic (exact) mass is 371 g/mol. The van der Waals surface area contributed by atoms with Crippen LogP contribution in [0.1, 0.15) is 24.6 Å². The smallest absolute Gasteiger partial charge is 0.222 e. The van der Waals surface area contributed by atoms with Gasteiger partial charge in [-0.25, -0.2) is 0 Å². The maximum absolute atomic E-state index is 12.1. The van der Waals surface area contributed by atoms with Crippen LogP contribution in [0.5, 0.6) is 11.5 Å². The Morgan fingerprint density at radius 3 is 2.52 bits per heavy atom. The molecule has 1 aromatic heterocycles. The first kappa shape index (κ1) is 20.2. The summed E-state index contributed by atoms with van der Waals surface area (Å²) < 4.78 is 10.5. The molecule has 0 bridgehead atoms. The van der Waals surface area contributed by atoms with Crippen LogP contribution in [0.2, 0.25) is 0 Å². The van der Waals surface area contributed by atoms with E-state index in [1.807, 2.05) is 30.3 Å². The Balaban J connectivity index is 1.89. The Morgan fingerprint density at radius 1 is 1.11 bits per heavy atom. The number of benzene rings is 1. The number of carbonyl (C=O) groups is 2. The van der Waals surface area contributed by atoms with Crippen molar-refractivity contribution in [3.8, 4) is 11.5 Å². The van der Waals surface area contributed by atoms with Gasteiger partial charge in [0.15, 0.2) is 11.5 Å². The first-order valence-electron chi connectivity index (χ1n) is 8.66. The van der Waals surface area contributed by atoms with Gasteiger partial charge in [-0.1, -0.05) is 12.1 Å². The predicted octanol–water partition coefficient (Wildman–Crippen LogP) is 2.15. The van der Waals surface area contributed by atoms with E-state index in [2.05, 4.69) is 10.3 Å². The first-order chi connectivity index (χ1) is 13.0. The third kappa shape index (κ3) is 6.29. The zero-order chi connectivity index (χ0) is 19.6. The van der Waals surface area contributed by atoms with E-state index in [0.717, 1.165) is 11.3 Å². The molecular formula is C20H25N3O4. The Morgan fingerprint density at radius 2 is 1.89 bits per heavy atom. The molecule has 144 valence electrons. The van der Waals surface area contributed by atoms with E-state index in [0.29, 0.717) is 31.1 Å². The lowest BCUT2D eigenvalue weighted by atomic mass is 10.1. The lowest BCUT2D eigenvalue weighted by molar-refractivity contribution is -0.130. The fourth-order valence-electron chi connectivity index (χ4n) is 2.56. The van der Waals surface area contributed by atoms with Crippen LogP contribution in [0.4, 0.5) is 0 Å². The second-order valence-corrected chi connectivity index (χ2v) is 5.98. The molecular weight excluding hydrogens is 346 g/mol. The number of ether oxygens (including phenoxy) is 2. The molecule has 0 atom stereocenters. The van der Waals surface area contributed by atoms with Crippen LogP contribution in [-0.2, 0) is 22.7 Å². The maximum atomic E-state index is 12.1. The van der Waals surface area contributed by atoms with Crippen LogP contribution >= 0.6 is 0 Å². The summed E-state index contributed by atoms with van der Waals surface area (Å²) in [5, 5.41) is 2.81. The molecule has 1 aromatic carbocycles. The lowest BCUT2D eigenvalue weighted by Crippen LogP contribution is -2.33. The lowest BCUT2D eigenvalue weighted by Gasteiger charge is -2.21. The Bertz CT molecular complexity index is 765. The number of nitrogens with one attached hydrogen (secondary N) is 1. The van der Waals surface area contributed by atoms with Crippen LogP contribution in [0.25, 0.3) is 0 Å². The molecule has 1 heterocycles. The molecule has 7 nitrogen and oxygen atoms in total. The van der Waals surface area contributed by atoms with E-state index < -0.39 is 0 Å². The Hall–Kier alpha value is -3.09. The van der Waals surface area contributed by atoms with E-state index in [1.165, 1.54) is 6.92 Å². The molecule has 7 heteroatoms. The third-order valence-electron chi connectivity index (χ3n) is 4.07. The average Bonchev–Trinajstić information content (AvgIpc) is 2.69. The summed E-state index contributed by atoms with van der Waals surface area (Å²) in [6.45, 7) is 2.59. The summed E-state index contributed by atoms with van der Waals surface area (Å²) in [5.41, 5.74) is 1.69. The molecule has 2 aromatic rings. The Kier molecular flexibility index (Phi) is 7.61. The number of hydrogen-bond donors (Lipinski definition) is 1. The minimum atomic E-state index is -0.126. The summed E-state index contributed by atoms with van der Waals surface area (Å²) in [6.07, 6.45) is 1.90. The van der Waals surface area contributed by atoms with Gasteiger partial charge in [0.05, 0.1) is 26.5 Å². The number of hydrogen-bond acceptors (Lipinski definition) is 5. The standard InChI is InChI=1S/C20H25N3O4/c1-15(24)23(14-16-7-8-18(26-2)19(12-16)27-3)11-9-20(25)22-13-17-6-4-5-10-21-17/h4-8,10,12H,9,11,13-14H2,1-3H3,(H,22,25). The molecule has 0 aliphatic carbocycles. The topological polar surface area (TPSA) is 80.8 Å². The molecule has 1 N–H and O–H groups in total. The van der Waals surface area contributed by atoms with E-state index in [4.69, 9.17) is 9.47 Å². The van der Waals surface area contributed by atoms with Crippen molar-refractivity contribution in [2.24, 2.45) is 0 Å². The number of aromatic nitrogens is 1. The van der Waals surface area contributed by atoms with Crippen LogP contribution in [-0.4, -0.2) is 42.5 Å². The number of rotatable bonds is 9. The van der Waals surface area contributed by atoms with E-state index in [-0.39, 0.29) is 18.2 Å². The van der Waals surface area contributed by atoms with Gasteiger partial charge in [-0.15, -0.1) is 0 Å². The van der Waals surface area contributed by atoms with Crippen molar-refractivity contribution in [1.29, 1.82) is 0 Å². The molecule has 0 spiro atoms. The minimum Gasteiger partial charge on any atom is -0.493 e. The van der Waals surface area contributed by atoms with Crippen molar-refractivity contribution in [2.75, 3.05) is 20.8 Å². The van der Waals surface area contributed by atoms with Gasteiger partial charge in [0.1, 0.15) is 0 Å². The fourth-order valence-corrected chi connectivity index (χ4v) is 2.56. The van der Waals surface area contributed by atoms with Crippen LogP contribution < -0.4 is 14.8 Å². The number of amides is 2. The van der Waals surface area contributed by atoms with E-state index >= 15 is 0 Å². The highest BCUT2D eigenvalue weighted by Gasteiger charge is 2.13. The van der Waals surface area contributed by atoms with E-state index in [1.54, 1.807) is 31.4 Å². The van der Waals surface area contributed by atoms with Crippen LogP contribution in [0, 0.1) is 0 Å². The van der Waals surface area contributed by atoms with Gasteiger partial charge < -0.3 is 19.7 Å². The third-order valence-corrected chi connectivity index (χ3v) is 4.07. The van der Waals surface area contributed by atoms with E-state index in [9.17, 15) is 9.59 Å². The van der Waals surface area contributed by atoms with Gasteiger partial charge in [0, 0.05) is 32.6 Å².